The van der Waals surface area contributed by atoms with Crippen LogP contribution in [0.4, 0.5) is 4.79 Å². The number of benzene rings is 1. The minimum atomic E-state index is -0.733. The number of fused-ring (bicyclic) bond motifs is 1. The van der Waals surface area contributed by atoms with Crippen LogP contribution in [0.5, 0.6) is 5.75 Å². The molecule has 1 aliphatic rings. The predicted octanol–water partition coefficient (Wildman–Crippen LogP) is 1.03. The van der Waals surface area contributed by atoms with Gasteiger partial charge in [0, 0.05) is 17.5 Å². The van der Waals surface area contributed by atoms with E-state index in [1.54, 1.807) is 0 Å². The number of para-hydroxylation sites is 1. The molecule has 1 atom stereocenters. The molecular formula is C18H20N4O4. The second-order valence-electron chi connectivity index (χ2n) is 6.03. The van der Waals surface area contributed by atoms with Gasteiger partial charge in [-0.1, -0.05) is 18.2 Å². The van der Waals surface area contributed by atoms with Crippen LogP contribution in [0.15, 0.2) is 30.3 Å². The van der Waals surface area contributed by atoms with Gasteiger partial charge in [-0.25, -0.2) is 9.78 Å². The number of urea groups is 1. The molecule has 1 aromatic heterocycles. The predicted molar refractivity (Wildman–Crippen MR) is 94.7 cm³/mol. The summed E-state index contributed by atoms with van der Waals surface area (Å²) < 4.78 is 5.74. The normalized spacial score (nSPS) is 17.2. The van der Waals surface area contributed by atoms with E-state index >= 15 is 0 Å². The maximum Gasteiger partial charge on any atom is 0.322 e. The zero-order valence-electron chi connectivity index (χ0n) is 14.4. The first-order valence-corrected chi connectivity index (χ1v) is 8.40. The van der Waals surface area contributed by atoms with Gasteiger partial charge in [-0.3, -0.25) is 14.9 Å². The highest BCUT2D eigenvalue weighted by atomic mass is 16.5. The van der Waals surface area contributed by atoms with Crippen LogP contribution in [0.1, 0.15) is 18.5 Å². The molecule has 1 fully saturated rings. The van der Waals surface area contributed by atoms with Gasteiger partial charge in [-0.2, -0.15) is 0 Å². The topological polar surface area (TPSA) is 109 Å². The number of aromatic nitrogens is 1. The molecule has 1 aliphatic heterocycles. The van der Waals surface area contributed by atoms with E-state index in [1.165, 1.54) is 0 Å². The summed E-state index contributed by atoms with van der Waals surface area (Å²) in [6.45, 7) is 2.45. The van der Waals surface area contributed by atoms with Crippen LogP contribution in [0.25, 0.3) is 10.9 Å². The van der Waals surface area contributed by atoms with E-state index in [9.17, 15) is 14.4 Å². The minimum Gasteiger partial charge on any atom is -0.489 e. The molecule has 1 saturated heterocycles. The Hall–Kier alpha value is -3.16. The number of imide groups is 1. The first-order chi connectivity index (χ1) is 12.5. The first-order valence-electron chi connectivity index (χ1n) is 8.40. The standard InChI is InChI=1S/C18H20N4O4/c1-11-5-6-12-3-2-4-14(16(12)20-11)26-10-9-19-17(24)13-7-8-15(23)22-18(25)21-13/h2-6,13H,7-10H2,1H3,(H,19,24)(H2,21,22,23,25)/t13-/m1/s1. The van der Waals surface area contributed by atoms with Crippen LogP contribution >= 0.6 is 0 Å². The van der Waals surface area contributed by atoms with E-state index < -0.39 is 12.1 Å². The third-order valence-corrected chi connectivity index (χ3v) is 4.02. The molecule has 26 heavy (non-hydrogen) atoms. The number of aryl methyl sites for hydroxylation is 1. The fourth-order valence-electron chi connectivity index (χ4n) is 2.72. The van der Waals surface area contributed by atoms with E-state index in [4.69, 9.17) is 4.74 Å². The van der Waals surface area contributed by atoms with Crippen LogP contribution in [0.2, 0.25) is 0 Å². The molecule has 136 valence electrons. The van der Waals surface area contributed by atoms with Gasteiger partial charge in [0.2, 0.25) is 11.8 Å². The van der Waals surface area contributed by atoms with Gasteiger partial charge in [-0.15, -0.1) is 0 Å². The molecule has 3 rings (SSSR count). The third-order valence-electron chi connectivity index (χ3n) is 4.02. The quantitative estimate of drug-likeness (QED) is 0.693. The molecule has 8 heteroatoms. The Morgan fingerprint density at radius 2 is 2.15 bits per heavy atom. The van der Waals surface area contributed by atoms with Crippen LogP contribution < -0.4 is 20.7 Å². The molecule has 2 heterocycles. The molecule has 0 radical (unpaired) electrons. The molecular weight excluding hydrogens is 336 g/mol. The number of rotatable bonds is 5. The summed E-state index contributed by atoms with van der Waals surface area (Å²) in [7, 11) is 0. The van der Waals surface area contributed by atoms with Gasteiger partial charge in [0.1, 0.15) is 23.9 Å². The van der Waals surface area contributed by atoms with Gasteiger partial charge >= 0.3 is 6.03 Å². The number of hydrogen-bond acceptors (Lipinski definition) is 5. The Morgan fingerprint density at radius 3 is 3.00 bits per heavy atom. The number of hydrogen-bond donors (Lipinski definition) is 3. The molecule has 2 aromatic rings. The molecule has 4 amide bonds. The number of amides is 4. The average Bonchev–Trinajstić information content (AvgIpc) is 2.79. The Balaban J connectivity index is 1.53. The lowest BCUT2D eigenvalue weighted by molar-refractivity contribution is -0.123. The minimum absolute atomic E-state index is 0.119. The van der Waals surface area contributed by atoms with Crippen molar-refractivity contribution >= 4 is 28.7 Å². The lowest BCUT2D eigenvalue weighted by atomic mass is 10.1. The highest BCUT2D eigenvalue weighted by molar-refractivity contribution is 5.98. The van der Waals surface area contributed by atoms with Crippen LogP contribution in [-0.2, 0) is 9.59 Å². The molecule has 0 aliphatic carbocycles. The lowest BCUT2D eigenvalue weighted by Gasteiger charge is -2.15. The summed E-state index contributed by atoms with van der Waals surface area (Å²) in [6.07, 6.45) is 0.380. The number of nitrogens with zero attached hydrogens (tertiary/aromatic N) is 1. The fourth-order valence-corrected chi connectivity index (χ4v) is 2.72. The number of pyridine rings is 1. The first kappa shape index (κ1) is 17.7. The van der Waals surface area contributed by atoms with Crippen molar-refractivity contribution in [1.82, 2.24) is 20.9 Å². The van der Waals surface area contributed by atoms with Gasteiger partial charge < -0.3 is 15.4 Å². The van der Waals surface area contributed by atoms with E-state index in [0.29, 0.717) is 5.75 Å². The number of carbonyl (C=O) groups is 3. The summed E-state index contributed by atoms with van der Waals surface area (Å²) in [5.74, 6) is -0.0803. The monoisotopic (exact) mass is 356 g/mol. The Morgan fingerprint density at radius 1 is 1.31 bits per heavy atom. The maximum absolute atomic E-state index is 12.1. The second kappa shape index (κ2) is 7.81. The van der Waals surface area contributed by atoms with Crippen LogP contribution in [-0.4, -0.2) is 42.0 Å². The summed E-state index contributed by atoms with van der Waals surface area (Å²) in [4.78, 5) is 39.3. The zero-order valence-corrected chi connectivity index (χ0v) is 14.4. The van der Waals surface area contributed by atoms with Gasteiger partial charge in [-0.05, 0) is 25.5 Å². The summed E-state index contributed by atoms with van der Waals surface area (Å²) in [5.41, 5.74) is 1.67. The fraction of sp³-hybridized carbons (Fsp3) is 0.333. The smallest absolute Gasteiger partial charge is 0.322 e. The van der Waals surface area contributed by atoms with Crippen LogP contribution in [0.3, 0.4) is 0 Å². The molecule has 0 unspecified atom stereocenters. The summed E-state index contributed by atoms with van der Waals surface area (Å²) in [6, 6.07) is 8.21. The molecule has 1 aromatic carbocycles. The molecule has 8 nitrogen and oxygen atoms in total. The summed E-state index contributed by atoms with van der Waals surface area (Å²) >= 11 is 0. The van der Waals surface area contributed by atoms with E-state index in [0.717, 1.165) is 16.6 Å². The van der Waals surface area contributed by atoms with E-state index in [-0.39, 0.29) is 37.8 Å². The highest BCUT2D eigenvalue weighted by Crippen LogP contribution is 2.23. The van der Waals surface area contributed by atoms with Crippen molar-refractivity contribution in [3.63, 3.8) is 0 Å². The lowest BCUT2D eigenvalue weighted by Crippen LogP contribution is -2.48. The maximum atomic E-state index is 12.1. The van der Waals surface area contributed by atoms with Gasteiger partial charge in [0.15, 0.2) is 0 Å². The van der Waals surface area contributed by atoms with Crippen molar-refractivity contribution in [2.45, 2.75) is 25.8 Å². The molecule has 0 spiro atoms. The Labute approximate surface area is 150 Å². The molecule has 0 saturated carbocycles. The van der Waals surface area contributed by atoms with Crippen molar-refractivity contribution in [2.24, 2.45) is 0 Å². The van der Waals surface area contributed by atoms with Crippen molar-refractivity contribution in [2.75, 3.05) is 13.2 Å². The average molecular weight is 356 g/mol. The number of nitrogens with one attached hydrogen (secondary N) is 3. The highest BCUT2D eigenvalue weighted by Gasteiger charge is 2.25. The third kappa shape index (κ3) is 4.27. The SMILES string of the molecule is Cc1ccc2cccc(OCCNC(=O)[C@H]3CCC(=O)NC(=O)N3)c2n1. The summed E-state index contributed by atoms with van der Waals surface area (Å²) in [5, 5.41) is 8.29. The van der Waals surface area contributed by atoms with Crippen molar-refractivity contribution in [3.05, 3.63) is 36.0 Å². The number of ether oxygens (including phenoxy) is 1. The van der Waals surface area contributed by atoms with Crippen molar-refractivity contribution in [1.29, 1.82) is 0 Å². The Bertz CT molecular complexity index is 852. The molecule has 0 bridgehead atoms. The van der Waals surface area contributed by atoms with Crippen molar-refractivity contribution < 1.29 is 19.1 Å². The van der Waals surface area contributed by atoms with Crippen LogP contribution in [0, 0.1) is 6.92 Å². The second-order valence-corrected chi connectivity index (χ2v) is 6.03. The molecule has 3 N–H and O–H groups in total. The van der Waals surface area contributed by atoms with E-state index in [1.807, 2.05) is 37.3 Å². The largest absolute Gasteiger partial charge is 0.489 e. The van der Waals surface area contributed by atoms with Gasteiger partial charge in [0.25, 0.3) is 0 Å². The van der Waals surface area contributed by atoms with Gasteiger partial charge in [0.05, 0.1) is 6.54 Å². The zero-order chi connectivity index (χ0) is 18.5. The Kier molecular flexibility index (Phi) is 5.31. The van der Waals surface area contributed by atoms with E-state index in [2.05, 4.69) is 20.9 Å². The van der Waals surface area contributed by atoms with Crippen molar-refractivity contribution in [3.8, 4) is 5.75 Å². The number of carbonyl (C=O) groups excluding carboxylic acids is 3.